The maximum Gasteiger partial charge on any atom is 0.490 e. The molecule has 14 heteroatoms. The molecule has 31 heavy (non-hydrogen) atoms. The Morgan fingerprint density at radius 2 is 1.90 bits per heavy atom. The highest BCUT2D eigenvalue weighted by Crippen LogP contribution is 2.26. The molecule has 0 aromatic carbocycles. The number of carboxylic acids is 1. The minimum absolute atomic E-state index is 0.0354. The van der Waals surface area contributed by atoms with Gasteiger partial charge in [-0.15, -0.1) is 11.8 Å². The predicted molar refractivity (Wildman–Crippen MR) is 105 cm³/mol. The molecular weight excluding hydrogens is 441 g/mol. The molecule has 10 nitrogen and oxygen atoms in total. The molecule has 3 rings (SSSR count). The van der Waals surface area contributed by atoms with Crippen LogP contribution in [0, 0.1) is 11.3 Å². The molecule has 2 saturated heterocycles. The van der Waals surface area contributed by atoms with Gasteiger partial charge in [-0.25, -0.2) is 9.59 Å². The first kappa shape index (κ1) is 25.0. The maximum absolute atomic E-state index is 12.2. The lowest BCUT2D eigenvalue weighted by Crippen LogP contribution is -2.45. The number of nitrogens with zero attached hydrogens (tertiary/aromatic N) is 6. The zero-order valence-corrected chi connectivity index (χ0v) is 18.2. The van der Waals surface area contributed by atoms with Gasteiger partial charge in [-0.05, 0) is 19.8 Å². The van der Waals surface area contributed by atoms with Gasteiger partial charge in [0.2, 0.25) is 0 Å². The number of urea groups is 1. The largest absolute Gasteiger partial charge is 0.490 e. The second-order valence-corrected chi connectivity index (χ2v) is 8.23. The topological polar surface area (TPSA) is 111 Å². The van der Waals surface area contributed by atoms with Crippen LogP contribution in [0.1, 0.15) is 25.8 Å². The third-order valence-corrected chi connectivity index (χ3v) is 6.23. The summed E-state index contributed by atoms with van der Waals surface area (Å²) in [5.74, 6) is -0.926. The van der Waals surface area contributed by atoms with Gasteiger partial charge in [-0.3, -0.25) is 9.53 Å². The van der Waals surface area contributed by atoms with Crippen molar-refractivity contribution in [3.8, 4) is 6.07 Å². The lowest BCUT2D eigenvalue weighted by molar-refractivity contribution is -0.192. The molecule has 0 aliphatic carbocycles. The zero-order valence-electron chi connectivity index (χ0n) is 17.4. The zero-order chi connectivity index (χ0) is 23.2. The number of alkyl halides is 3. The molecule has 2 aliphatic heterocycles. The van der Waals surface area contributed by atoms with Crippen molar-refractivity contribution in [2.75, 3.05) is 44.9 Å². The third-order valence-electron chi connectivity index (χ3n) is 5.16. The molecule has 2 amide bonds. The van der Waals surface area contributed by atoms with Crippen LogP contribution in [0.4, 0.5) is 18.0 Å². The standard InChI is InChI=1S/C15H26N6O2S.C2HF3O2/c1-3-17(2)15(22)18-6-4-13(5-7-18)21-20(23-21)9-8-19-12-24-11-14(19)10-16;3-2(4,5)1(6)7/h13-14H,3-9,11-12H2,1-2H3;(H,6,7). The Morgan fingerprint density at radius 1 is 1.29 bits per heavy atom. The highest BCUT2D eigenvalue weighted by atomic mass is 32.2. The Kier molecular flexibility index (Phi) is 8.75. The summed E-state index contributed by atoms with van der Waals surface area (Å²) in [5, 5.41) is 16.2. The number of carbonyl (C=O) groups excluding carboxylic acids is 1. The fourth-order valence-electron chi connectivity index (χ4n) is 3.15. The van der Waals surface area contributed by atoms with Crippen LogP contribution in [-0.2, 0) is 11.3 Å². The number of hydrogen-bond acceptors (Lipinski definition) is 6. The average Bonchev–Trinajstić information content (AvgIpc) is 3.38. The van der Waals surface area contributed by atoms with Gasteiger partial charge < -0.3 is 14.9 Å². The van der Waals surface area contributed by atoms with E-state index in [1.165, 1.54) is 0 Å². The molecule has 176 valence electrons. The van der Waals surface area contributed by atoms with Gasteiger partial charge in [-0.1, -0.05) is 9.71 Å². The normalized spacial score (nSPS) is 20.3. The fourth-order valence-corrected chi connectivity index (χ4v) is 4.31. The lowest BCUT2D eigenvalue weighted by atomic mass is 10.1. The first-order valence-electron chi connectivity index (χ1n) is 9.84. The van der Waals surface area contributed by atoms with Crippen molar-refractivity contribution in [3.05, 3.63) is 0 Å². The summed E-state index contributed by atoms with van der Waals surface area (Å²) >= 11 is 1.81. The number of carbonyl (C=O) groups is 2. The van der Waals surface area contributed by atoms with Gasteiger partial charge in [0.05, 0.1) is 18.7 Å². The van der Waals surface area contributed by atoms with Crippen LogP contribution in [-0.4, -0.2) is 98.6 Å². The van der Waals surface area contributed by atoms with Crippen LogP contribution >= 0.6 is 11.8 Å². The molecule has 1 aromatic rings. The number of hydrogen-bond donors (Lipinski definition) is 1. The molecule has 2 fully saturated rings. The summed E-state index contributed by atoms with van der Waals surface area (Å²) in [6.07, 6.45) is -3.22. The summed E-state index contributed by atoms with van der Waals surface area (Å²) < 4.78 is 37.3. The van der Waals surface area contributed by atoms with E-state index >= 15 is 0 Å². The van der Waals surface area contributed by atoms with E-state index in [0.29, 0.717) is 6.04 Å². The van der Waals surface area contributed by atoms with Gasteiger partial charge in [0.1, 0.15) is 6.04 Å². The number of likely N-dealkylation sites (tertiary alicyclic amines) is 1. The third kappa shape index (κ3) is 7.13. The van der Waals surface area contributed by atoms with Crippen LogP contribution in [0.5, 0.6) is 0 Å². The van der Waals surface area contributed by atoms with E-state index in [9.17, 15) is 18.0 Å². The van der Waals surface area contributed by atoms with Crippen LogP contribution < -0.4 is 0 Å². The van der Waals surface area contributed by atoms with Gasteiger partial charge >= 0.3 is 18.2 Å². The second-order valence-electron chi connectivity index (χ2n) is 7.23. The second kappa shape index (κ2) is 10.9. The molecule has 1 N–H and O–H groups in total. The lowest BCUT2D eigenvalue weighted by Gasteiger charge is -2.32. The number of piperidine rings is 1. The van der Waals surface area contributed by atoms with Crippen LogP contribution in [0.3, 0.4) is 0 Å². The van der Waals surface area contributed by atoms with Crippen molar-refractivity contribution in [2.24, 2.45) is 0 Å². The first-order chi connectivity index (χ1) is 14.6. The molecule has 0 radical (unpaired) electrons. The van der Waals surface area contributed by atoms with Gasteiger partial charge in [0, 0.05) is 44.9 Å². The van der Waals surface area contributed by atoms with E-state index in [4.69, 9.17) is 19.8 Å². The van der Waals surface area contributed by atoms with Crippen molar-refractivity contribution in [1.29, 1.82) is 5.26 Å². The predicted octanol–water partition coefficient (Wildman–Crippen LogP) is 2.12. The number of aromatic nitrogens is 2. The first-order valence-corrected chi connectivity index (χ1v) is 11.0. The van der Waals surface area contributed by atoms with Gasteiger partial charge in [-0.2, -0.15) is 18.4 Å². The van der Waals surface area contributed by atoms with E-state index < -0.39 is 12.1 Å². The number of nitriles is 1. The molecule has 2 aliphatic rings. The number of thioether (sulfide) groups is 1. The fraction of sp³-hybridized carbons (Fsp3) is 0.824. The molecule has 1 aromatic heterocycles. The molecule has 1 unspecified atom stereocenters. The number of carboxylic acid groups (broad SMARTS) is 1. The molecule has 0 bridgehead atoms. The molecule has 1 atom stereocenters. The molecule has 0 spiro atoms. The van der Waals surface area contributed by atoms with E-state index in [1.54, 1.807) is 4.90 Å². The smallest absolute Gasteiger partial charge is 0.475 e. The summed E-state index contributed by atoms with van der Waals surface area (Å²) in [4.78, 5) is 30.8. The van der Waals surface area contributed by atoms with Crippen molar-refractivity contribution < 1.29 is 32.5 Å². The highest BCUT2D eigenvalue weighted by molar-refractivity contribution is 7.99. The quantitative estimate of drug-likeness (QED) is 0.705. The van der Waals surface area contributed by atoms with Gasteiger partial charge in [0.15, 0.2) is 0 Å². The van der Waals surface area contributed by atoms with Crippen LogP contribution in [0.25, 0.3) is 0 Å². The monoisotopic (exact) mass is 468 g/mol. The summed E-state index contributed by atoms with van der Waals surface area (Å²) in [6, 6.07) is 2.86. The Hall–Kier alpha value is -2.27. The van der Waals surface area contributed by atoms with E-state index in [0.717, 1.165) is 57.2 Å². The Labute approximate surface area is 182 Å². The Balaban J connectivity index is 0.000000423. The Morgan fingerprint density at radius 3 is 2.42 bits per heavy atom. The summed E-state index contributed by atoms with van der Waals surface area (Å²) in [7, 11) is 1.84. The van der Waals surface area contributed by atoms with E-state index in [2.05, 4.69) is 11.0 Å². The highest BCUT2D eigenvalue weighted by Gasteiger charge is 2.38. The van der Waals surface area contributed by atoms with E-state index in [1.807, 2.05) is 40.3 Å². The summed E-state index contributed by atoms with van der Waals surface area (Å²) in [6.45, 7) is 5.92. The number of rotatable bonds is 5. The summed E-state index contributed by atoms with van der Waals surface area (Å²) in [5.41, 5.74) is 0. The maximum atomic E-state index is 12.2. The van der Waals surface area contributed by atoms with Crippen molar-refractivity contribution in [2.45, 2.75) is 44.6 Å². The SMILES string of the molecule is CCN(C)C(=O)N1CCC(n2on2CCN2CSCC2C#N)CC1.O=C(O)C(F)(F)F. The van der Waals surface area contributed by atoms with E-state index in [-0.39, 0.29) is 12.1 Å². The molecule has 3 heterocycles. The molecule has 0 saturated carbocycles. The van der Waals surface area contributed by atoms with Crippen LogP contribution in [0.15, 0.2) is 4.63 Å². The number of halogens is 3. The number of amides is 2. The van der Waals surface area contributed by atoms with Gasteiger partial charge in [0.25, 0.3) is 0 Å². The Bertz CT molecular complexity index is 762. The number of aliphatic carboxylic acids is 1. The van der Waals surface area contributed by atoms with Crippen LogP contribution in [0.2, 0.25) is 0 Å². The molecular formula is C17H27F3N6O4S. The minimum Gasteiger partial charge on any atom is -0.475 e. The van der Waals surface area contributed by atoms with Crippen molar-refractivity contribution >= 4 is 23.8 Å². The minimum atomic E-state index is -5.08. The average molecular weight is 469 g/mol. The van der Waals surface area contributed by atoms with Crippen molar-refractivity contribution in [1.82, 2.24) is 24.4 Å². The van der Waals surface area contributed by atoms with Crippen molar-refractivity contribution in [3.63, 3.8) is 0 Å².